The summed E-state index contributed by atoms with van der Waals surface area (Å²) in [6.07, 6.45) is 0. The van der Waals surface area contributed by atoms with Gasteiger partial charge in [-0.1, -0.05) is 26.0 Å². The lowest BCUT2D eigenvalue weighted by molar-refractivity contribution is 0.376. The molecule has 0 saturated heterocycles. The summed E-state index contributed by atoms with van der Waals surface area (Å²) in [5.74, 6) is 0.329. The summed E-state index contributed by atoms with van der Waals surface area (Å²) in [7, 11) is -1.42. The standard InChI is InChI=1S/C13H20N2O2S/c1-11(2)10-15-9-8-14(3)12-6-4-5-7-13(12)18(15,16)17/h4-7,11H,8-10H2,1-3H3. The minimum Gasteiger partial charge on any atom is -0.372 e. The third kappa shape index (κ3) is 2.37. The Morgan fingerprint density at radius 2 is 1.89 bits per heavy atom. The molecule has 1 aromatic rings. The summed E-state index contributed by atoms with van der Waals surface area (Å²) in [6, 6.07) is 7.22. The molecular formula is C13H20N2O2S. The number of fused-ring (bicyclic) bond motifs is 1. The predicted octanol–water partition coefficient (Wildman–Crippen LogP) is 1.78. The van der Waals surface area contributed by atoms with E-state index in [1.807, 2.05) is 37.9 Å². The molecule has 4 nitrogen and oxygen atoms in total. The minimum absolute atomic E-state index is 0.329. The molecule has 0 spiro atoms. The first-order valence-corrected chi connectivity index (χ1v) is 7.67. The lowest BCUT2D eigenvalue weighted by Crippen LogP contribution is -2.36. The number of sulfonamides is 1. The molecule has 2 rings (SSSR count). The lowest BCUT2D eigenvalue weighted by atomic mass is 10.2. The summed E-state index contributed by atoms with van der Waals surface area (Å²) >= 11 is 0. The molecule has 0 aliphatic carbocycles. The van der Waals surface area contributed by atoms with E-state index >= 15 is 0 Å². The van der Waals surface area contributed by atoms with Gasteiger partial charge in [0.05, 0.1) is 5.69 Å². The predicted molar refractivity (Wildman–Crippen MR) is 73.3 cm³/mol. The van der Waals surface area contributed by atoms with Gasteiger partial charge in [0.25, 0.3) is 0 Å². The molecule has 0 atom stereocenters. The fourth-order valence-electron chi connectivity index (χ4n) is 2.23. The van der Waals surface area contributed by atoms with Crippen molar-refractivity contribution in [1.29, 1.82) is 0 Å². The fraction of sp³-hybridized carbons (Fsp3) is 0.538. The summed E-state index contributed by atoms with van der Waals surface area (Å²) in [5, 5.41) is 0. The van der Waals surface area contributed by atoms with Crippen molar-refractivity contribution in [2.75, 3.05) is 31.6 Å². The Hall–Kier alpha value is -1.07. The molecule has 0 bridgehead atoms. The van der Waals surface area contributed by atoms with Gasteiger partial charge in [0.15, 0.2) is 0 Å². The largest absolute Gasteiger partial charge is 0.372 e. The van der Waals surface area contributed by atoms with Crippen molar-refractivity contribution in [3.8, 4) is 0 Å². The summed E-state index contributed by atoms with van der Waals surface area (Å²) in [4.78, 5) is 2.43. The van der Waals surface area contributed by atoms with Crippen LogP contribution in [-0.4, -0.2) is 39.4 Å². The van der Waals surface area contributed by atoms with Gasteiger partial charge in [-0.15, -0.1) is 0 Å². The summed E-state index contributed by atoms with van der Waals surface area (Å²) in [5.41, 5.74) is 0.795. The van der Waals surface area contributed by atoms with Crippen molar-refractivity contribution in [2.45, 2.75) is 18.7 Å². The van der Waals surface area contributed by atoms with Crippen LogP contribution in [0.25, 0.3) is 0 Å². The fourth-order valence-corrected chi connectivity index (χ4v) is 4.06. The van der Waals surface area contributed by atoms with E-state index in [0.29, 0.717) is 23.9 Å². The van der Waals surface area contributed by atoms with Crippen molar-refractivity contribution < 1.29 is 8.42 Å². The molecule has 0 amide bonds. The van der Waals surface area contributed by atoms with Crippen LogP contribution in [0.4, 0.5) is 5.69 Å². The maximum Gasteiger partial charge on any atom is 0.245 e. The van der Waals surface area contributed by atoms with Gasteiger partial charge in [-0.2, -0.15) is 4.31 Å². The molecular weight excluding hydrogens is 248 g/mol. The van der Waals surface area contributed by atoms with Gasteiger partial charge in [0, 0.05) is 26.7 Å². The second-order valence-corrected chi connectivity index (χ2v) is 7.05. The van der Waals surface area contributed by atoms with Crippen LogP contribution in [0.5, 0.6) is 0 Å². The number of anilines is 1. The number of likely N-dealkylation sites (N-methyl/N-ethyl adjacent to an activating group) is 1. The normalized spacial score (nSPS) is 19.7. The van der Waals surface area contributed by atoms with Gasteiger partial charge in [0.1, 0.15) is 4.90 Å². The van der Waals surface area contributed by atoms with Crippen molar-refractivity contribution >= 4 is 15.7 Å². The van der Waals surface area contributed by atoms with Crippen molar-refractivity contribution in [1.82, 2.24) is 4.31 Å². The molecule has 0 N–H and O–H groups in total. The highest BCUT2D eigenvalue weighted by Crippen LogP contribution is 2.29. The van der Waals surface area contributed by atoms with E-state index in [-0.39, 0.29) is 0 Å². The Morgan fingerprint density at radius 3 is 2.56 bits per heavy atom. The quantitative estimate of drug-likeness (QED) is 0.821. The van der Waals surface area contributed by atoms with Crippen LogP contribution < -0.4 is 4.90 Å². The topological polar surface area (TPSA) is 40.6 Å². The molecule has 1 aromatic carbocycles. The molecule has 5 heteroatoms. The van der Waals surface area contributed by atoms with E-state index in [1.165, 1.54) is 0 Å². The first kappa shape index (κ1) is 13.4. The molecule has 100 valence electrons. The van der Waals surface area contributed by atoms with Crippen LogP contribution in [0, 0.1) is 5.92 Å². The van der Waals surface area contributed by atoms with Crippen LogP contribution in [0.2, 0.25) is 0 Å². The van der Waals surface area contributed by atoms with Gasteiger partial charge in [0.2, 0.25) is 10.0 Å². The van der Waals surface area contributed by atoms with Crippen LogP contribution >= 0.6 is 0 Å². The van der Waals surface area contributed by atoms with E-state index in [2.05, 4.69) is 0 Å². The molecule has 0 fully saturated rings. The highest BCUT2D eigenvalue weighted by molar-refractivity contribution is 7.89. The zero-order valence-corrected chi connectivity index (χ0v) is 11.9. The Bertz CT molecular complexity index is 526. The van der Waals surface area contributed by atoms with E-state index in [0.717, 1.165) is 12.2 Å². The van der Waals surface area contributed by atoms with E-state index in [1.54, 1.807) is 16.4 Å². The van der Waals surface area contributed by atoms with Crippen molar-refractivity contribution in [3.05, 3.63) is 24.3 Å². The maximum absolute atomic E-state index is 12.6. The Labute approximate surface area is 109 Å². The first-order chi connectivity index (χ1) is 8.43. The van der Waals surface area contributed by atoms with E-state index in [9.17, 15) is 8.42 Å². The number of rotatable bonds is 2. The van der Waals surface area contributed by atoms with Crippen molar-refractivity contribution in [3.63, 3.8) is 0 Å². The Kier molecular flexibility index (Phi) is 3.64. The van der Waals surface area contributed by atoms with Crippen LogP contribution in [0.1, 0.15) is 13.8 Å². The van der Waals surface area contributed by atoms with Gasteiger partial charge < -0.3 is 4.90 Å². The van der Waals surface area contributed by atoms with Crippen LogP contribution in [0.15, 0.2) is 29.2 Å². The Morgan fingerprint density at radius 1 is 1.22 bits per heavy atom. The minimum atomic E-state index is -3.36. The smallest absolute Gasteiger partial charge is 0.245 e. The average Bonchev–Trinajstić information content (AvgIpc) is 2.40. The van der Waals surface area contributed by atoms with Crippen LogP contribution in [0.3, 0.4) is 0 Å². The second-order valence-electron chi connectivity index (χ2n) is 5.15. The second kappa shape index (κ2) is 4.90. The highest BCUT2D eigenvalue weighted by Gasteiger charge is 2.31. The molecule has 0 saturated carbocycles. The molecule has 1 aliphatic rings. The molecule has 18 heavy (non-hydrogen) atoms. The Balaban J connectivity index is 2.49. The molecule has 1 heterocycles. The zero-order chi connectivity index (χ0) is 13.3. The molecule has 0 radical (unpaired) electrons. The maximum atomic E-state index is 12.6. The summed E-state index contributed by atoms with van der Waals surface area (Å²) < 4.78 is 26.8. The monoisotopic (exact) mass is 268 g/mol. The van der Waals surface area contributed by atoms with Gasteiger partial charge >= 0.3 is 0 Å². The molecule has 1 aliphatic heterocycles. The number of para-hydroxylation sites is 1. The van der Waals surface area contributed by atoms with Crippen molar-refractivity contribution in [2.24, 2.45) is 5.92 Å². The van der Waals surface area contributed by atoms with Gasteiger partial charge in [-0.3, -0.25) is 0 Å². The SMILES string of the molecule is CC(C)CN1CCN(C)c2ccccc2S1(=O)=O. The zero-order valence-electron chi connectivity index (χ0n) is 11.1. The third-order valence-corrected chi connectivity index (χ3v) is 5.06. The van der Waals surface area contributed by atoms with Gasteiger partial charge in [-0.25, -0.2) is 8.42 Å². The third-order valence-electron chi connectivity index (χ3n) is 3.15. The number of benzene rings is 1. The number of nitrogens with zero attached hydrogens (tertiary/aromatic N) is 2. The van der Waals surface area contributed by atoms with Crippen LogP contribution in [-0.2, 0) is 10.0 Å². The van der Waals surface area contributed by atoms with E-state index in [4.69, 9.17) is 0 Å². The molecule has 0 unspecified atom stereocenters. The number of hydrogen-bond acceptors (Lipinski definition) is 3. The summed E-state index contributed by atoms with van der Waals surface area (Å²) in [6.45, 7) is 5.92. The first-order valence-electron chi connectivity index (χ1n) is 6.23. The highest BCUT2D eigenvalue weighted by atomic mass is 32.2. The average molecular weight is 268 g/mol. The van der Waals surface area contributed by atoms with Gasteiger partial charge in [-0.05, 0) is 18.1 Å². The van der Waals surface area contributed by atoms with E-state index < -0.39 is 10.0 Å². The number of hydrogen-bond donors (Lipinski definition) is 0. The molecule has 0 aromatic heterocycles. The lowest BCUT2D eigenvalue weighted by Gasteiger charge is -2.21.